The minimum Gasteiger partial charge on any atom is -0.393 e. The molecular weight excluding hydrogens is 239 g/mol. The van der Waals surface area contributed by atoms with Crippen LogP contribution in [-0.4, -0.2) is 11.2 Å². The van der Waals surface area contributed by atoms with Gasteiger partial charge in [0, 0.05) is 15.9 Å². The standard InChI is InChI=1S/C9H10BrClO/c1-6(12)5-7-8(10)3-2-4-9(7)11/h2-4,6,12H,5H2,1H3/t6-/m1/s1. The van der Waals surface area contributed by atoms with Crippen molar-refractivity contribution in [2.45, 2.75) is 19.4 Å². The van der Waals surface area contributed by atoms with Gasteiger partial charge in [-0.05, 0) is 24.6 Å². The van der Waals surface area contributed by atoms with E-state index in [0.29, 0.717) is 11.4 Å². The van der Waals surface area contributed by atoms with Crippen LogP contribution in [0.5, 0.6) is 0 Å². The van der Waals surface area contributed by atoms with Crippen LogP contribution in [0.2, 0.25) is 5.02 Å². The predicted octanol–water partition coefficient (Wildman–Crippen LogP) is 3.03. The van der Waals surface area contributed by atoms with Crippen LogP contribution < -0.4 is 0 Å². The summed E-state index contributed by atoms with van der Waals surface area (Å²) in [6.07, 6.45) is 0.224. The van der Waals surface area contributed by atoms with Gasteiger partial charge >= 0.3 is 0 Å². The molecule has 0 saturated carbocycles. The summed E-state index contributed by atoms with van der Waals surface area (Å²) in [5, 5.41) is 9.87. The molecule has 0 spiro atoms. The maximum absolute atomic E-state index is 9.18. The average Bonchev–Trinajstić information content (AvgIpc) is 1.97. The van der Waals surface area contributed by atoms with Crippen LogP contribution in [0.3, 0.4) is 0 Å². The Labute approximate surface area is 85.5 Å². The molecule has 0 aromatic heterocycles. The van der Waals surface area contributed by atoms with Gasteiger partial charge in [0.2, 0.25) is 0 Å². The van der Waals surface area contributed by atoms with Gasteiger partial charge < -0.3 is 5.11 Å². The molecular formula is C9H10BrClO. The van der Waals surface area contributed by atoms with Gasteiger partial charge in [-0.2, -0.15) is 0 Å². The lowest BCUT2D eigenvalue weighted by Crippen LogP contribution is -2.05. The van der Waals surface area contributed by atoms with E-state index in [1.807, 2.05) is 18.2 Å². The molecule has 0 aliphatic heterocycles. The van der Waals surface area contributed by atoms with Crippen molar-refractivity contribution in [2.75, 3.05) is 0 Å². The van der Waals surface area contributed by atoms with Crippen molar-refractivity contribution >= 4 is 27.5 Å². The van der Waals surface area contributed by atoms with E-state index in [-0.39, 0.29) is 6.10 Å². The molecule has 0 bridgehead atoms. The highest BCUT2D eigenvalue weighted by Gasteiger charge is 2.06. The fraction of sp³-hybridized carbons (Fsp3) is 0.333. The van der Waals surface area contributed by atoms with E-state index in [1.165, 1.54) is 0 Å². The van der Waals surface area contributed by atoms with Crippen LogP contribution >= 0.6 is 27.5 Å². The van der Waals surface area contributed by atoms with Crippen molar-refractivity contribution in [3.05, 3.63) is 33.3 Å². The second-order valence-electron chi connectivity index (χ2n) is 2.75. The van der Waals surface area contributed by atoms with Gasteiger partial charge in [0.05, 0.1) is 6.10 Å². The van der Waals surface area contributed by atoms with E-state index in [4.69, 9.17) is 11.6 Å². The molecule has 0 aliphatic carbocycles. The van der Waals surface area contributed by atoms with Gasteiger partial charge in [-0.1, -0.05) is 33.6 Å². The Morgan fingerprint density at radius 3 is 2.75 bits per heavy atom. The molecule has 0 saturated heterocycles. The molecule has 1 rings (SSSR count). The zero-order valence-corrected chi connectivity index (χ0v) is 9.06. The Balaban J connectivity index is 2.96. The highest BCUT2D eigenvalue weighted by atomic mass is 79.9. The Morgan fingerprint density at radius 1 is 1.58 bits per heavy atom. The molecule has 0 heterocycles. The van der Waals surface area contributed by atoms with E-state index in [0.717, 1.165) is 10.0 Å². The van der Waals surface area contributed by atoms with Gasteiger partial charge in [-0.3, -0.25) is 0 Å². The molecule has 1 aromatic rings. The SMILES string of the molecule is C[C@@H](O)Cc1c(Cl)cccc1Br. The van der Waals surface area contributed by atoms with Crippen LogP contribution in [-0.2, 0) is 6.42 Å². The largest absolute Gasteiger partial charge is 0.393 e. The van der Waals surface area contributed by atoms with Gasteiger partial charge in [0.15, 0.2) is 0 Å². The van der Waals surface area contributed by atoms with Crippen LogP contribution in [0.1, 0.15) is 12.5 Å². The number of hydrogen-bond acceptors (Lipinski definition) is 1. The quantitative estimate of drug-likeness (QED) is 0.854. The molecule has 0 fully saturated rings. The maximum atomic E-state index is 9.18. The lowest BCUT2D eigenvalue weighted by atomic mass is 10.1. The van der Waals surface area contributed by atoms with Crippen LogP contribution in [0.15, 0.2) is 22.7 Å². The van der Waals surface area contributed by atoms with Crippen LogP contribution in [0, 0.1) is 0 Å². The number of aliphatic hydroxyl groups is 1. The molecule has 0 amide bonds. The summed E-state index contributed by atoms with van der Waals surface area (Å²) in [7, 11) is 0. The highest BCUT2D eigenvalue weighted by molar-refractivity contribution is 9.10. The lowest BCUT2D eigenvalue weighted by Gasteiger charge is -2.08. The average molecular weight is 250 g/mol. The first-order chi connectivity index (χ1) is 5.61. The Hall–Kier alpha value is -0.0500. The summed E-state index contributed by atoms with van der Waals surface area (Å²) < 4.78 is 0.955. The maximum Gasteiger partial charge on any atom is 0.0553 e. The summed E-state index contributed by atoms with van der Waals surface area (Å²) in [4.78, 5) is 0. The first kappa shape index (κ1) is 10.0. The fourth-order valence-corrected chi connectivity index (χ4v) is 1.92. The zero-order valence-electron chi connectivity index (χ0n) is 6.72. The van der Waals surface area contributed by atoms with Crippen LogP contribution in [0.25, 0.3) is 0 Å². The molecule has 0 aliphatic rings. The molecule has 1 nitrogen and oxygen atoms in total. The van der Waals surface area contributed by atoms with Crippen LogP contribution in [0.4, 0.5) is 0 Å². The smallest absolute Gasteiger partial charge is 0.0553 e. The molecule has 0 radical (unpaired) electrons. The van der Waals surface area contributed by atoms with Gasteiger partial charge in [-0.15, -0.1) is 0 Å². The zero-order chi connectivity index (χ0) is 9.14. The first-order valence-corrected chi connectivity index (χ1v) is 4.89. The van der Waals surface area contributed by atoms with E-state index < -0.39 is 0 Å². The normalized spacial score (nSPS) is 13.0. The topological polar surface area (TPSA) is 20.2 Å². The second kappa shape index (κ2) is 4.26. The summed E-state index contributed by atoms with van der Waals surface area (Å²) >= 11 is 9.31. The summed E-state index contributed by atoms with van der Waals surface area (Å²) in [5.41, 5.74) is 0.967. The summed E-state index contributed by atoms with van der Waals surface area (Å²) in [5.74, 6) is 0. The lowest BCUT2D eigenvalue weighted by molar-refractivity contribution is 0.195. The third-order valence-corrected chi connectivity index (χ3v) is 2.66. The second-order valence-corrected chi connectivity index (χ2v) is 4.01. The van der Waals surface area contributed by atoms with Crippen molar-refractivity contribution in [2.24, 2.45) is 0 Å². The number of halogens is 2. The van der Waals surface area contributed by atoms with E-state index in [1.54, 1.807) is 6.92 Å². The molecule has 1 N–H and O–H groups in total. The summed E-state index contributed by atoms with van der Waals surface area (Å²) in [6.45, 7) is 1.75. The van der Waals surface area contributed by atoms with Gasteiger partial charge in [-0.25, -0.2) is 0 Å². The number of hydrogen-bond donors (Lipinski definition) is 1. The summed E-state index contributed by atoms with van der Waals surface area (Å²) in [6, 6.07) is 5.62. The van der Waals surface area contributed by atoms with Crippen molar-refractivity contribution < 1.29 is 5.11 Å². The molecule has 3 heteroatoms. The number of benzene rings is 1. The monoisotopic (exact) mass is 248 g/mol. The Morgan fingerprint density at radius 2 is 2.25 bits per heavy atom. The van der Waals surface area contributed by atoms with E-state index >= 15 is 0 Å². The number of aliphatic hydroxyl groups excluding tert-OH is 1. The van der Waals surface area contributed by atoms with Gasteiger partial charge in [0.1, 0.15) is 0 Å². The minimum absolute atomic E-state index is 0.360. The molecule has 1 atom stereocenters. The highest BCUT2D eigenvalue weighted by Crippen LogP contribution is 2.25. The van der Waals surface area contributed by atoms with Crippen molar-refractivity contribution in [3.63, 3.8) is 0 Å². The third-order valence-electron chi connectivity index (χ3n) is 1.56. The third kappa shape index (κ3) is 2.47. The number of rotatable bonds is 2. The van der Waals surface area contributed by atoms with Crippen molar-refractivity contribution in [1.29, 1.82) is 0 Å². The molecule has 12 heavy (non-hydrogen) atoms. The molecule has 1 aromatic carbocycles. The Bertz CT molecular complexity index is 253. The Kier molecular flexibility index (Phi) is 3.56. The van der Waals surface area contributed by atoms with E-state index in [2.05, 4.69) is 15.9 Å². The minimum atomic E-state index is -0.360. The predicted molar refractivity (Wildman–Crippen MR) is 54.5 cm³/mol. The molecule has 0 unspecified atom stereocenters. The first-order valence-electron chi connectivity index (χ1n) is 3.72. The van der Waals surface area contributed by atoms with Crippen molar-refractivity contribution in [1.82, 2.24) is 0 Å². The van der Waals surface area contributed by atoms with Gasteiger partial charge in [0.25, 0.3) is 0 Å². The molecule has 66 valence electrons. The van der Waals surface area contributed by atoms with E-state index in [9.17, 15) is 5.11 Å². The van der Waals surface area contributed by atoms with Crippen molar-refractivity contribution in [3.8, 4) is 0 Å². The fourth-order valence-electron chi connectivity index (χ4n) is 1.02.